The minimum Gasteiger partial charge on any atom is -0.411 e. The summed E-state index contributed by atoms with van der Waals surface area (Å²) in [5, 5.41) is 9.60. The quantitative estimate of drug-likeness (QED) is 0.687. The first-order valence-corrected chi connectivity index (χ1v) is 7.42. The van der Waals surface area contributed by atoms with Gasteiger partial charge < -0.3 is 14.3 Å². The van der Waals surface area contributed by atoms with E-state index >= 15 is 0 Å². The molecule has 0 aromatic rings. The maximum Gasteiger partial charge on any atom is 0.329 e. The van der Waals surface area contributed by atoms with E-state index in [1.54, 1.807) is 26.9 Å². The van der Waals surface area contributed by atoms with Gasteiger partial charge in [0.2, 0.25) is 0 Å². The third kappa shape index (κ3) is 8.43. The van der Waals surface area contributed by atoms with E-state index in [0.29, 0.717) is 6.42 Å². The summed E-state index contributed by atoms with van der Waals surface area (Å²) in [7, 11) is -2.50. The van der Waals surface area contributed by atoms with Gasteiger partial charge in [-0.15, -0.1) is 0 Å². The maximum absolute atomic E-state index is 9.60. The van der Waals surface area contributed by atoms with Crippen molar-refractivity contribution in [3.05, 3.63) is 0 Å². The molecular formula is C9H22O3Si. The van der Waals surface area contributed by atoms with E-state index in [4.69, 9.17) is 4.43 Å². The van der Waals surface area contributed by atoms with Crippen molar-refractivity contribution < 1.29 is 14.3 Å². The fourth-order valence-corrected chi connectivity index (χ4v) is 3.18. The molecular weight excluding hydrogens is 184 g/mol. The summed E-state index contributed by atoms with van der Waals surface area (Å²) in [5.74, 6) is 0. The Morgan fingerprint density at radius 2 is 1.54 bits per heavy atom. The molecule has 0 rings (SSSR count). The zero-order chi connectivity index (χ0) is 10.9. The Hall–Kier alpha value is 0.0969. The molecule has 0 aromatic carbocycles. The van der Waals surface area contributed by atoms with Gasteiger partial charge in [0, 0.05) is 6.42 Å². The monoisotopic (exact) mass is 206 g/mol. The van der Waals surface area contributed by atoms with Crippen molar-refractivity contribution in [3.63, 3.8) is 0 Å². The molecule has 0 bridgehead atoms. The Morgan fingerprint density at radius 1 is 1.15 bits per heavy atom. The zero-order valence-corrected chi connectivity index (χ0v) is 10.5. The van der Waals surface area contributed by atoms with E-state index in [-0.39, 0.29) is 0 Å². The first-order chi connectivity index (χ1) is 5.41. The van der Waals surface area contributed by atoms with Gasteiger partial charge in [0.25, 0.3) is 0 Å². The summed E-state index contributed by atoms with van der Waals surface area (Å²) < 4.78 is 5.54. The molecule has 13 heavy (non-hydrogen) atoms. The van der Waals surface area contributed by atoms with Crippen molar-refractivity contribution >= 4 is 8.56 Å². The van der Waals surface area contributed by atoms with Crippen molar-refractivity contribution in [1.82, 2.24) is 0 Å². The van der Waals surface area contributed by atoms with Crippen LogP contribution in [-0.2, 0) is 4.43 Å². The molecule has 0 spiro atoms. The van der Waals surface area contributed by atoms with Crippen LogP contribution < -0.4 is 0 Å². The van der Waals surface area contributed by atoms with Gasteiger partial charge in [0.05, 0.1) is 11.2 Å². The molecule has 0 atom stereocenters. The number of rotatable bonds is 4. The molecule has 0 amide bonds. The van der Waals surface area contributed by atoms with E-state index in [0.717, 1.165) is 0 Å². The smallest absolute Gasteiger partial charge is 0.329 e. The van der Waals surface area contributed by atoms with Crippen LogP contribution in [0.1, 0.15) is 34.1 Å². The van der Waals surface area contributed by atoms with Crippen molar-refractivity contribution in [2.24, 2.45) is 0 Å². The van der Waals surface area contributed by atoms with Crippen molar-refractivity contribution in [3.8, 4) is 0 Å². The van der Waals surface area contributed by atoms with Gasteiger partial charge in [0.15, 0.2) is 0 Å². The first kappa shape index (κ1) is 13.1. The third-order valence-corrected chi connectivity index (χ3v) is 2.44. The van der Waals surface area contributed by atoms with Gasteiger partial charge >= 0.3 is 8.56 Å². The summed E-state index contributed by atoms with van der Waals surface area (Å²) in [6, 6.07) is 0. The molecule has 0 aromatic heterocycles. The lowest BCUT2D eigenvalue weighted by atomic mass is 9.93. The van der Waals surface area contributed by atoms with Gasteiger partial charge in [-0.05, 0) is 40.8 Å². The lowest BCUT2D eigenvalue weighted by Gasteiger charge is -2.35. The van der Waals surface area contributed by atoms with E-state index in [1.165, 1.54) is 0 Å². The van der Waals surface area contributed by atoms with Crippen molar-refractivity contribution in [1.29, 1.82) is 0 Å². The number of aliphatic hydroxyl groups is 1. The van der Waals surface area contributed by atoms with Crippen LogP contribution in [0.5, 0.6) is 0 Å². The Balaban J connectivity index is 4.25. The molecule has 0 heterocycles. The Morgan fingerprint density at radius 3 is 1.77 bits per heavy atom. The Labute approximate surface area is 82.0 Å². The highest BCUT2D eigenvalue weighted by Gasteiger charge is 2.33. The molecule has 0 saturated heterocycles. The standard InChI is InChI=1S/C9H22O3Si/c1-8(2,10)7-9(3,4)12-13(5,6)11/h10-11H,7H2,1-6H3. The van der Waals surface area contributed by atoms with Crippen LogP contribution in [0.4, 0.5) is 0 Å². The summed E-state index contributed by atoms with van der Waals surface area (Å²) in [4.78, 5) is 9.59. The second-order valence-electron chi connectivity index (χ2n) is 5.30. The average Bonchev–Trinajstić information content (AvgIpc) is 1.43. The van der Waals surface area contributed by atoms with E-state index < -0.39 is 19.8 Å². The van der Waals surface area contributed by atoms with E-state index in [2.05, 4.69) is 0 Å². The third-order valence-electron chi connectivity index (χ3n) is 1.38. The highest BCUT2D eigenvalue weighted by Crippen LogP contribution is 2.25. The molecule has 3 nitrogen and oxygen atoms in total. The van der Waals surface area contributed by atoms with Crippen LogP contribution in [0, 0.1) is 0 Å². The average molecular weight is 206 g/mol. The first-order valence-electron chi connectivity index (χ1n) is 4.56. The van der Waals surface area contributed by atoms with Crippen LogP contribution in [-0.4, -0.2) is 29.7 Å². The molecule has 0 aliphatic carbocycles. The lowest BCUT2D eigenvalue weighted by Crippen LogP contribution is -2.44. The predicted molar refractivity (Wildman–Crippen MR) is 55.8 cm³/mol. The lowest BCUT2D eigenvalue weighted by molar-refractivity contribution is -0.0235. The van der Waals surface area contributed by atoms with Gasteiger partial charge in [-0.2, -0.15) is 0 Å². The van der Waals surface area contributed by atoms with Gasteiger partial charge in [-0.25, -0.2) is 0 Å². The van der Waals surface area contributed by atoms with Crippen molar-refractivity contribution in [2.75, 3.05) is 0 Å². The van der Waals surface area contributed by atoms with Crippen LogP contribution in [0.25, 0.3) is 0 Å². The second-order valence-corrected chi connectivity index (χ2v) is 8.40. The molecule has 0 saturated carbocycles. The SMILES string of the molecule is CC(C)(O)CC(C)(C)O[Si](C)(C)O. The highest BCUT2D eigenvalue weighted by atomic mass is 28.4. The summed E-state index contributed by atoms with van der Waals surface area (Å²) in [6.07, 6.45) is 0.511. The second kappa shape index (κ2) is 3.69. The molecule has 2 N–H and O–H groups in total. The Bertz CT molecular complexity index is 147. The van der Waals surface area contributed by atoms with Crippen LogP contribution in [0.2, 0.25) is 13.1 Å². The van der Waals surface area contributed by atoms with Crippen LogP contribution in [0.15, 0.2) is 0 Å². The van der Waals surface area contributed by atoms with Crippen LogP contribution >= 0.6 is 0 Å². The van der Waals surface area contributed by atoms with Crippen LogP contribution in [0.3, 0.4) is 0 Å². The fourth-order valence-electron chi connectivity index (χ4n) is 1.75. The zero-order valence-electron chi connectivity index (χ0n) is 9.51. The fraction of sp³-hybridized carbons (Fsp3) is 1.00. The van der Waals surface area contributed by atoms with Gasteiger partial charge in [-0.1, -0.05) is 0 Å². The molecule has 0 radical (unpaired) electrons. The topological polar surface area (TPSA) is 49.7 Å². The van der Waals surface area contributed by atoms with Crippen molar-refractivity contribution in [2.45, 2.75) is 58.4 Å². The summed E-state index contributed by atoms with van der Waals surface area (Å²) in [6.45, 7) is 10.7. The molecule has 80 valence electrons. The van der Waals surface area contributed by atoms with E-state index in [9.17, 15) is 9.90 Å². The number of hydrogen-bond acceptors (Lipinski definition) is 3. The summed E-state index contributed by atoms with van der Waals surface area (Å²) >= 11 is 0. The molecule has 4 heteroatoms. The van der Waals surface area contributed by atoms with Gasteiger partial charge in [-0.3, -0.25) is 0 Å². The van der Waals surface area contributed by atoms with E-state index in [1.807, 2.05) is 13.8 Å². The largest absolute Gasteiger partial charge is 0.411 e. The molecule has 0 aliphatic rings. The minimum absolute atomic E-state index is 0.470. The Kier molecular flexibility index (Phi) is 3.72. The summed E-state index contributed by atoms with van der Waals surface area (Å²) in [5.41, 5.74) is -1.23. The number of hydrogen-bond donors (Lipinski definition) is 2. The predicted octanol–water partition coefficient (Wildman–Crippen LogP) is 1.64. The van der Waals surface area contributed by atoms with Gasteiger partial charge in [0.1, 0.15) is 0 Å². The highest BCUT2D eigenvalue weighted by molar-refractivity contribution is 6.63. The minimum atomic E-state index is -2.50. The molecule has 0 fully saturated rings. The maximum atomic E-state index is 9.60. The molecule has 0 aliphatic heterocycles. The normalized spacial score (nSPS) is 14.8. The molecule has 0 unspecified atom stereocenters.